The fraction of sp³-hybridized carbons (Fsp3) is 0.286. The van der Waals surface area contributed by atoms with Crippen molar-refractivity contribution in [2.75, 3.05) is 16.3 Å². The fourth-order valence-corrected chi connectivity index (χ4v) is 4.16. The Labute approximate surface area is 190 Å². The van der Waals surface area contributed by atoms with Crippen LogP contribution in [0, 0.1) is 20.8 Å². The third-order valence-corrected chi connectivity index (χ3v) is 6.35. The van der Waals surface area contributed by atoms with Crippen molar-refractivity contribution in [1.82, 2.24) is 0 Å². The summed E-state index contributed by atoms with van der Waals surface area (Å²) in [6.07, 6.45) is 0. The van der Waals surface area contributed by atoms with Gasteiger partial charge >= 0.3 is 0 Å². The van der Waals surface area contributed by atoms with E-state index in [9.17, 15) is 9.59 Å². The largest absolute Gasteiger partial charge is 0.301 e. The van der Waals surface area contributed by atoms with Crippen LogP contribution in [0.25, 0.3) is 0 Å². The molecule has 4 nitrogen and oxygen atoms in total. The van der Waals surface area contributed by atoms with Crippen molar-refractivity contribution in [2.24, 2.45) is 0 Å². The minimum Gasteiger partial charge on any atom is -0.301 e. The van der Waals surface area contributed by atoms with Gasteiger partial charge in [-0.25, -0.2) is 0 Å². The Bertz CT molecular complexity index is 1150. The molecule has 1 aliphatic rings. The van der Waals surface area contributed by atoms with Crippen LogP contribution >= 0.6 is 0 Å². The summed E-state index contributed by atoms with van der Waals surface area (Å²) in [6, 6.07) is 21.1. The molecule has 0 unspecified atom stereocenters. The number of benzene rings is 3. The molecule has 0 bridgehead atoms. The summed E-state index contributed by atoms with van der Waals surface area (Å²) in [5.41, 5.74) is 6.90. The van der Waals surface area contributed by atoms with Gasteiger partial charge in [-0.2, -0.15) is 0 Å². The van der Waals surface area contributed by atoms with Crippen LogP contribution in [-0.4, -0.2) is 18.4 Å². The Morgan fingerprint density at radius 2 is 1.41 bits per heavy atom. The van der Waals surface area contributed by atoms with Gasteiger partial charge in [-0.05, 0) is 73.2 Å². The van der Waals surface area contributed by atoms with Crippen LogP contribution in [0.2, 0.25) is 0 Å². The van der Waals surface area contributed by atoms with E-state index in [4.69, 9.17) is 0 Å². The van der Waals surface area contributed by atoms with Gasteiger partial charge in [0.15, 0.2) is 0 Å². The molecule has 0 aliphatic carbocycles. The second-order valence-electron chi connectivity index (χ2n) is 9.02. The van der Waals surface area contributed by atoms with E-state index in [-0.39, 0.29) is 18.4 Å². The molecule has 4 heteroatoms. The summed E-state index contributed by atoms with van der Waals surface area (Å²) >= 11 is 0. The number of hydrogen-bond donors (Lipinski definition) is 0. The van der Waals surface area contributed by atoms with E-state index in [1.54, 1.807) is 9.80 Å². The summed E-state index contributed by atoms with van der Waals surface area (Å²) < 4.78 is 0. The molecule has 1 atom stereocenters. The first-order valence-corrected chi connectivity index (χ1v) is 11.1. The number of rotatable bonds is 4. The molecule has 1 heterocycles. The fourth-order valence-electron chi connectivity index (χ4n) is 4.16. The molecule has 0 aromatic heterocycles. The van der Waals surface area contributed by atoms with Crippen molar-refractivity contribution in [1.29, 1.82) is 0 Å². The maximum absolute atomic E-state index is 13.9. The predicted molar refractivity (Wildman–Crippen MR) is 130 cm³/mol. The summed E-state index contributed by atoms with van der Waals surface area (Å²) in [7, 11) is 0. The molecule has 4 rings (SSSR count). The molecule has 0 saturated carbocycles. The number of amides is 2. The van der Waals surface area contributed by atoms with Crippen molar-refractivity contribution in [3.05, 3.63) is 94.5 Å². The standard InChI is InChI=1S/C28H30N2O2/c1-18(2)22-9-11-23(12-10-22)27-28(32)29(25-15-8-20(4)21(5)16-25)17-26(31)30(27)24-13-6-19(3)7-14-24/h6-16,18,27H,17H2,1-5H3/t27-/m1/s1. The average Bonchev–Trinajstić information content (AvgIpc) is 2.77. The third kappa shape index (κ3) is 4.05. The van der Waals surface area contributed by atoms with Crippen molar-refractivity contribution in [3.63, 3.8) is 0 Å². The molecule has 0 spiro atoms. The summed E-state index contributed by atoms with van der Waals surface area (Å²) in [5.74, 6) is 0.211. The lowest BCUT2D eigenvalue weighted by Crippen LogP contribution is -2.56. The Hall–Kier alpha value is -3.40. The van der Waals surface area contributed by atoms with Crippen LogP contribution in [0.1, 0.15) is 53.6 Å². The number of anilines is 2. The summed E-state index contributed by atoms with van der Waals surface area (Å²) in [6.45, 7) is 10.4. The van der Waals surface area contributed by atoms with E-state index < -0.39 is 6.04 Å². The normalized spacial score (nSPS) is 16.8. The van der Waals surface area contributed by atoms with Crippen molar-refractivity contribution < 1.29 is 9.59 Å². The average molecular weight is 427 g/mol. The maximum Gasteiger partial charge on any atom is 0.255 e. The van der Waals surface area contributed by atoms with Gasteiger partial charge in [0.05, 0.1) is 0 Å². The van der Waals surface area contributed by atoms with Gasteiger partial charge in [0.1, 0.15) is 12.6 Å². The molecule has 3 aromatic rings. The molecule has 164 valence electrons. The number of carbonyl (C=O) groups excluding carboxylic acids is 2. The monoisotopic (exact) mass is 426 g/mol. The van der Waals surface area contributed by atoms with Gasteiger partial charge in [0.2, 0.25) is 5.91 Å². The lowest BCUT2D eigenvalue weighted by Gasteiger charge is -2.40. The van der Waals surface area contributed by atoms with Crippen LogP contribution < -0.4 is 9.80 Å². The summed E-state index contributed by atoms with van der Waals surface area (Å²) in [5, 5.41) is 0. The van der Waals surface area contributed by atoms with E-state index in [2.05, 4.69) is 26.0 Å². The molecule has 2 amide bonds. The summed E-state index contributed by atoms with van der Waals surface area (Å²) in [4.78, 5) is 30.6. The van der Waals surface area contributed by atoms with Gasteiger partial charge in [-0.15, -0.1) is 0 Å². The first-order chi connectivity index (χ1) is 15.3. The molecule has 32 heavy (non-hydrogen) atoms. The third-order valence-electron chi connectivity index (χ3n) is 6.35. The van der Waals surface area contributed by atoms with Crippen LogP contribution in [0.5, 0.6) is 0 Å². The number of hydrogen-bond acceptors (Lipinski definition) is 2. The highest BCUT2D eigenvalue weighted by molar-refractivity contribution is 6.14. The minimum atomic E-state index is -0.707. The Kier molecular flexibility index (Phi) is 5.88. The van der Waals surface area contributed by atoms with E-state index in [0.717, 1.165) is 33.6 Å². The number of nitrogens with zero attached hydrogens (tertiary/aromatic N) is 2. The molecule has 1 saturated heterocycles. The molecule has 3 aromatic carbocycles. The predicted octanol–water partition coefficient (Wildman–Crippen LogP) is 5.86. The zero-order valence-corrected chi connectivity index (χ0v) is 19.4. The first-order valence-electron chi connectivity index (χ1n) is 11.1. The highest BCUT2D eigenvalue weighted by Crippen LogP contribution is 2.35. The molecule has 0 N–H and O–H groups in total. The Balaban J connectivity index is 1.80. The van der Waals surface area contributed by atoms with E-state index in [0.29, 0.717) is 5.92 Å². The van der Waals surface area contributed by atoms with Crippen LogP contribution in [0.4, 0.5) is 11.4 Å². The topological polar surface area (TPSA) is 40.6 Å². The zero-order chi connectivity index (χ0) is 23.0. The van der Waals surface area contributed by atoms with Gasteiger partial charge in [-0.3, -0.25) is 14.5 Å². The first kappa shape index (κ1) is 21.8. The van der Waals surface area contributed by atoms with Gasteiger partial charge in [0, 0.05) is 11.4 Å². The van der Waals surface area contributed by atoms with Gasteiger partial charge < -0.3 is 4.90 Å². The van der Waals surface area contributed by atoms with E-state index in [1.165, 1.54) is 5.56 Å². The Morgan fingerprint density at radius 3 is 2.00 bits per heavy atom. The second-order valence-corrected chi connectivity index (χ2v) is 9.02. The quantitative estimate of drug-likeness (QED) is 0.524. The van der Waals surface area contributed by atoms with Crippen LogP contribution in [0.3, 0.4) is 0 Å². The minimum absolute atomic E-state index is 0.0236. The van der Waals surface area contributed by atoms with Gasteiger partial charge in [-0.1, -0.05) is 61.9 Å². The van der Waals surface area contributed by atoms with Crippen molar-refractivity contribution in [3.8, 4) is 0 Å². The van der Waals surface area contributed by atoms with E-state index in [1.807, 2.05) is 75.4 Å². The van der Waals surface area contributed by atoms with Gasteiger partial charge in [0.25, 0.3) is 5.91 Å². The van der Waals surface area contributed by atoms with Crippen molar-refractivity contribution in [2.45, 2.75) is 46.6 Å². The SMILES string of the molecule is Cc1ccc(N2C(=O)CN(c3ccc(C)c(C)c3)C(=O)[C@H]2c2ccc(C(C)C)cc2)cc1. The zero-order valence-electron chi connectivity index (χ0n) is 19.4. The molecule has 0 radical (unpaired) electrons. The number of piperazine rings is 1. The molecular weight excluding hydrogens is 396 g/mol. The van der Waals surface area contributed by atoms with Crippen LogP contribution in [0.15, 0.2) is 66.7 Å². The van der Waals surface area contributed by atoms with Crippen molar-refractivity contribution >= 4 is 23.2 Å². The number of aryl methyl sites for hydroxylation is 3. The van der Waals surface area contributed by atoms with E-state index >= 15 is 0 Å². The lowest BCUT2D eigenvalue weighted by molar-refractivity contribution is -0.128. The molecule has 1 fully saturated rings. The smallest absolute Gasteiger partial charge is 0.255 e. The highest BCUT2D eigenvalue weighted by Gasteiger charge is 2.41. The maximum atomic E-state index is 13.9. The lowest BCUT2D eigenvalue weighted by atomic mass is 9.95. The number of carbonyl (C=O) groups is 2. The molecule has 1 aliphatic heterocycles. The Morgan fingerprint density at radius 1 is 0.781 bits per heavy atom. The highest BCUT2D eigenvalue weighted by atomic mass is 16.2. The molecular formula is C28H30N2O2. The second kappa shape index (κ2) is 8.62. The van der Waals surface area contributed by atoms with Crippen LogP contribution in [-0.2, 0) is 9.59 Å².